The van der Waals surface area contributed by atoms with Gasteiger partial charge in [-0.1, -0.05) is 0 Å². The van der Waals surface area contributed by atoms with Crippen LogP contribution in [0.25, 0.3) is 0 Å². The molecule has 0 saturated carbocycles. The minimum Gasteiger partial charge on any atom is -0.385 e. The predicted octanol–water partition coefficient (Wildman–Crippen LogP) is 1.17. The Labute approximate surface area is 86.2 Å². The average molecular weight is 206 g/mol. The molecular formula is C10H22O4. The van der Waals surface area contributed by atoms with E-state index >= 15 is 0 Å². The molecule has 0 radical (unpaired) electrons. The molecule has 0 heterocycles. The zero-order chi connectivity index (χ0) is 11.0. The van der Waals surface area contributed by atoms with Gasteiger partial charge in [-0.2, -0.15) is 0 Å². The Morgan fingerprint density at radius 2 is 2.00 bits per heavy atom. The molecule has 0 fully saturated rings. The second-order valence-electron chi connectivity index (χ2n) is 3.35. The zero-order valence-corrected chi connectivity index (χ0v) is 9.58. The van der Waals surface area contributed by atoms with Gasteiger partial charge in [0.05, 0.1) is 0 Å². The maximum atomic E-state index is 9.76. The fourth-order valence-corrected chi connectivity index (χ4v) is 1.03. The number of hydrogen-bond donors (Lipinski definition) is 1. The molecule has 14 heavy (non-hydrogen) atoms. The van der Waals surface area contributed by atoms with Crippen LogP contribution < -0.4 is 0 Å². The summed E-state index contributed by atoms with van der Waals surface area (Å²) in [5.74, 6) is -1.21. The van der Waals surface area contributed by atoms with Gasteiger partial charge in [0.2, 0.25) is 0 Å². The third-order valence-corrected chi connectivity index (χ3v) is 2.05. The Balaban J connectivity index is 3.65. The largest absolute Gasteiger partial charge is 0.385 e. The first-order valence-electron chi connectivity index (χ1n) is 5.01. The van der Waals surface area contributed by atoms with Crippen LogP contribution in [-0.2, 0) is 14.2 Å². The molecule has 1 N–H and O–H groups in total. The number of rotatable bonds is 8. The Bertz CT molecular complexity index is 136. The lowest BCUT2D eigenvalue weighted by Gasteiger charge is -2.29. The van der Waals surface area contributed by atoms with Crippen molar-refractivity contribution in [3.05, 3.63) is 0 Å². The van der Waals surface area contributed by atoms with Gasteiger partial charge in [0.15, 0.2) is 5.79 Å². The highest BCUT2D eigenvalue weighted by Gasteiger charge is 2.29. The van der Waals surface area contributed by atoms with Gasteiger partial charge in [-0.25, -0.2) is 0 Å². The quantitative estimate of drug-likeness (QED) is 0.478. The van der Waals surface area contributed by atoms with Gasteiger partial charge in [0.1, 0.15) is 6.10 Å². The third kappa shape index (κ3) is 5.54. The fourth-order valence-electron chi connectivity index (χ4n) is 1.03. The second-order valence-corrected chi connectivity index (χ2v) is 3.35. The first-order chi connectivity index (χ1) is 6.54. The van der Waals surface area contributed by atoms with E-state index in [0.717, 1.165) is 6.42 Å². The van der Waals surface area contributed by atoms with Gasteiger partial charge in [-0.3, -0.25) is 0 Å². The van der Waals surface area contributed by atoms with Crippen LogP contribution in [0.15, 0.2) is 0 Å². The minimum atomic E-state index is -1.21. The monoisotopic (exact) mass is 206 g/mol. The highest BCUT2D eigenvalue weighted by molar-refractivity contribution is 4.68. The minimum absolute atomic E-state index is 0.334. The molecule has 0 aromatic heterocycles. The summed E-state index contributed by atoms with van der Waals surface area (Å²) < 4.78 is 15.4. The highest BCUT2D eigenvalue weighted by atomic mass is 16.6. The molecule has 86 valence electrons. The lowest BCUT2D eigenvalue weighted by atomic mass is 10.2. The van der Waals surface area contributed by atoms with Crippen molar-refractivity contribution in [1.82, 2.24) is 0 Å². The van der Waals surface area contributed by atoms with Crippen LogP contribution in [0.4, 0.5) is 0 Å². The van der Waals surface area contributed by atoms with Crippen LogP contribution >= 0.6 is 0 Å². The van der Waals surface area contributed by atoms with E-state index < -0.39 is 5.79 Å². The summed E-state index contributed by atoms with van der Waals surface area (Å²) >= 11 is 0. The molecule has 0 saturated heterocycles. The lowest BCUT2D eigenvalue weighted by Crippen LogP contribution is -2.42. The maximum absolute atomic E-state index is 9.76. The van der Waals surface area contributed by atoms with Crippen LogP contribution in [0.3, 0.4) is 0 Å². The molecule has 0 aliphatic carbocycles. The Morgan fingerprint density at radius 1 is 1.36 bits per heavy atom. The molecule has 0 aromatic rings. The third-order valence-electron chi connectivity index (χ3n) is 2.05. The van der Waals surface area contributed by atoms with Gasteiger partial charge in [0, 0.05) is 26.9 Å². The SMILES string of the molecule is CCOC(C)(O)C(C)OCCCOC. The molecular weight excluding hydrogens is 184 g/mol. The average Bonchev–Trinajstić information content (AvgIpc) is 2.12. The topological polar surface area (TPSA) is 47.9 Å². The van der Waals surface area contributed by atoms with Crippen molar-refractivity contribution in [2.24, 2.45) is 0 Å². The molecule has 4 nitrogen and oxygen atoms in total. The number of ether oxygens (including phenoxy) is 3. The van der Waals surface area contributed by atoms with Crippen molar-refractivity contribution in [3.63, 3.8) is 0 Å². The van der Waals surface area contributed by atoms with Crippen molar-refractivity contribution in [2.45, 2.75) is 39.1 Å². The highest BCUT2D eigenvalue weighted by Crippen LogP contribution is 2.14. The molecule has 4 heteroatoms. The Morgan fingerprint density at radius 3 is 2.50 bits per heavy atom. The first kappa shape index (κ1) is 13.8. The number of aliphatic hydroxyl groups is 1. The van der Waals surface area contributed by atoms with E-state index in [4.69, 9.17) is 14.2 Å². The van der Waals surface area contributed by atoms with E-state index in [9.17, 15) is 5.11 Å². The summed E-state index contributed by atoms with van der Waals surface area (Å²) in [4.78, 5) is 0. The van der Waals surface area contributed by atoms with Crippen molar-refractivity contribution in [1.29, 1.82) is 0 Å². The summed E-state index contributed by atoms with van der Waals surface area (Å²) in [7, 11) is 1.65. The summed E-state index contributed by atoms with van der Waals surface area (Å²) in [6.45, 7) is 6.95. The molecule has 0 aliphatic rings. The standard InChI is InChI=1S/C10H22O4/c1-5-14-10(3,11)9(2)13-8-6-7-12-4/h9,11H,5-8H2,1-4H3. The molecule has 0 amide bonds. The predicted molar refractivity (Wildman–Crippen MR) is 54.2 cm³/mol. The van der Waals surface area contributed by atoms with Crippen molar-refractivity contribution in [3.8, 4) is 0 Å². The maximum Gasteiger partial charge on any atom is 0.188 e. The van der Waals surface area contributed by atoms with E-state index in [1.54, 1.807) is 21.0 Å². The zero-order valence-electron chi connectivity index (χ0n) is 9.58. The molecule has 2 unspecified atom stereocenters. The van der Waals surface area contributed by atoms with Crippen molar-refractivity contribution < 1.29 is 19.3 Å². The smallest absolute Gasteiger partial charge is 0.188 e. The van der Waals surface area contributed by atoms with Crippen molar-refractivity contribution in [2.75, 3.05) is 26.9 Å². The molecule has 0 bridgehead atoms. The summed E-state index contributed by atoms with van der Waals surface area (Å²) in [5, 5.41) is 9.76. The van der Waals surface area contributed by atoms with E-state index in [0.29, 0.717) is 19.8 Å². The van der Waals surface area contributed by atoms with Gasteiger partial charge < -0.3 is 19.3 Å². The lowest BCUT2D eigenvalue weighted by molar-refractivity contribution is -0.249. The van der Waals surface area contributed by atoms with Crippen LogP contribution in [0.5, 0.6) is 0 Å². The summed E-state index contributed by atoms with van der Waals surface area (Å²) in [5.41, 5.74) is 0. The van der Waals surface area contributed by atoms with Crippen LogP contribution in [-0.4, -0.2) is 43.9 Å². The van der Waals surface area contributed by atoms with Crippen LogP contribution in [0, 0.1) is 0 Å². The molecule has 2 atom stereocenters. The number of methoxy groups -OCH3 is 1. The summed E-state index contributed by atoms with van der Waals surface area (Å²) in [6.07, 6.45) is 0.488. The van der Waals surface area contributed by atoms with E-state index in [2.05, 4.69) is 0 Å². The van der Waals surface area contributed by atoms with Gasteiger partial charge in [-0.15, -0.1) is 0 Å². The van der Waals surface area contributed by atoms with Gasteiger partial charge in [0.25, 0.3) is 0 Å². The van der Waals surface area contributed by atoms with E-state index in [1.165, 1.54) is 0 Å². The Kier molecular flexibility index (Phi) is 7.09. The number of hydrogen-bond acceptors (Lipinski definition) is 4. The van der Waals surface area contributed by atoms with Crippen LogP contribution in [0.1, 0.15) is 27.2 Å². The second kappa shape index (κ2) is 7.17. The van der Waals surface area contributed by atoms with Crippen molar-refractivity contribution >= 4 is 0 Å². The molecule has 0 aliphatic heterocycles. The normalized spacial score (nSPS) is 17.8. The van der Waals surface area contributed by atoms with Crippen LogP contribution in [0.2, 0.25) is 0 Å². The van der Waals surface area contributed by atoms with Gasteiger partial charge in [-0.05, 0) is 27.2 Å². The first-order valence-corrected chi connectivity index (χ1v) is 5.01. The molecule has 0 rings (SSSR count). The molecule has 0 spiro atoms. The van der Waals surface area contributed by atoms with E-state index in [-0.39, 0.29) is 6.10 Å². The fraction of sp³-hybridized carbons (Fsp3) is 1.00. The van der Waals surface area contributed by atoms with Gasteiger partial charge >= 0.3 is 0 Å². The van der Waals surface area contributed by atoms with E-state index in [1.807, 2.05) is 6.92 Å². The summed E-state index contributed by atoms with van der Waals surface area (Å²) in [6, 6.07) is 0. The Hall–Kier alpha value is -0.160. The molecule has 0 aromatic carbocycles.